The van der Waals surface area contributed by atoms with E-state index in [1.54, 1.807) is 29.6 Å². The van der Waals surface area contributed by atoms with Crippen LogP contribution in [0.25, 0.3) is 0 Å². The van der Waals surface area contributed by atoms with Crippen molar-refractivity contribution in [3.63, 3.8) is 0 Å². The summed E-state index contributed by atoms with van der Waals surface area (Å²) in [6.45, 7) is 0.822. The van der Waals surface area contributed by atoms with Gasteiger partial charge in [-0.1, -0.05) is 6.07 Å². The number of rotatable bonds is 5. The minimum atomic E-state index is -3.44. The molecule has 3 heterocycles. The monoisotopic (exact) mass is 355 g/mol. The van der Waals surface area contributed by atoms with Crippen LogP contribution in [0.5, 0.6) is 11.8 Å². The third-order valence-corrected chi connectivity index (χ3v) is 6.78. The van der Waals surface area contributed by atoms with Crippen molar-refractivity contribution in [2.75, 3.05) is 20.2 Å². The number of ether oxygens (including phenoxy) is 2. The third kappa shape index (κ3) is 3.62. The molecular formula is C14H17N3O4S2. The van der Waals surface area contributed by atoms with Crippen molar-refractivity contribution in [2.24, 2.45) is 0 Å². The molecule has 1 aliphatic heterocycles. The second-order valence-electron chi connectivity index (χ2n) is 5.09. The number of aromatic nitrogens is 2. The van der Waals surface area contributed by atoms with E-state index in [1.165, 1.54) is 22.8 Å². The minimum Gasteiger partial charge on any atom is -0.480 e. The normalized spacial score (nSPS) is 19.4. The van der Waals surface area contributed by atoms with Gasteiger partial charge >= 0.3 is 0 Å². The molecule has 0 saturated carbocycles. The first-order valence-corrected chi connectivity index (χ1v) is 9.49. The number of hydrogen-bond donors (Lipinski definition) is 0. The van der Waals surface area contributed by atoms with Crippen LogP contribution in [0.1, 0.15) is 12.8 Å². The minimum absolute atomic E-state index is 0.235. The van der Waals surface area contributed by atoms with Gasteiger partial charge in [0.2, 0.25) is 11.8 Å². The Morgan fingerprint density at radius 1 is 1.26 bits per heavy atom. The van der Waals surface area contributed by atoms with E-state index >= 15 is 0 Å². The molecule has 23 heavy (non-hydrogen) atoms. The maximum atomic E-state index is 12.6. The van der Waals surface area contributed by atoms with Crippen LogP contribution in [0.15, 0.2) is 33.9 Å². The van der Waals surface area contributed by atoms with Gasteiger partial charge in [-0.3, -0.25) is 0 Å². The first-order chi connectivity index (χ1) is 11.1. The summed E-state index contributed by atoms with van der Waals surface area (Å²) < 4.78 is 37.7. The Labute approximate surface area is 138 Å². The lowest BCUT2D eigenvalue weighted by Gasteiger charge is -2.31. The molecule has 1 aliphatic rings. The van der Waals surface area contributed by atoms with Crippen LogP contribution in [0, 0.1) is 0 Å². The van der Waals surface area contributed by atoms with Crippen molar-refractivity contribution < 1.29 is 17.9 Å². The van der Waals surface area contributed by atoms with Gasteiger partial charge in [0, 0.05) is 18.7 Å². The lowest BCUT2D eigenvalue weighted by molar-refractivity contribution is 0.123. The van der Waals surface area contributed by atoms with Gasteiger partial charge in [-0.2, -0.15) is 4.31 Å². The number of thiophene rings is 1. The van der Waals surface area contributed by atoms with Gasteiger partial charge in [-0.05, 0) is 24.3 Å². The molecule has 9 heteroatoms. The summed E-state index contributed by atoms with van der Waals surface area (Å²) >= 11 is 1.23. The van der Waals surface area contributed by atoms with E-state index in [2.05, 4.69) is 10.2 Å². The molecule has 0 spiro atoms. The number of methoxy groups -OCH3 is 1. The van der Waals surface area contributed by atoms with Crippen LogP contribution in [-0.2, 0) is 10.0 Å². The highest BCUT2D eigenvalue weighted by molar-refractivity contribution is 7.91. The molecule has 0 aliphatic carbocycles. The van der Waals surface area contributed by atoms with E-state index in [-0.39, 0.29) is 6.10 Å². The van der Waals surface area contributed by atoms with Gasteiger partial charge < -0.3 is 9.47 Å². The highest BCUT2D eigenvalue weighted by atomic mass is 32.2. The topological polar surface area (TPSA) is 81.6 Å². The average molecular weight is 355 g/mol. The van der Waals surface area contributed by atoms with E-state index in [0.717, 1.165) is 12.8 Å². The zero-order valence-electron chi connectivity index (χ0n) is 12.6. The Hall–Kier alpha value is -1.71. The highest BCUT2D eigenvalue weighted by Gasteiger charge is 2.31. The van der Waals surface area contributed by atoms with Crippen LogP contribution in [0.2, 0.25) is 0 Å². The quantitative estimate of drug-likeness (QED) is 0.813. The standard InChI is InChI=1S/C14H17N3O4S2/c1-20-12-6-7-13(16-15-12)21-11-4-2-8-17(10-11)23(18,19)14-5-3-9-22-14/h3,5-7,9,11H,2,4,8,10H2,1H3. The third-order valence-electron chi connectivity index (χ3n) is 3.54. The van der Waals surface area contributed by atoms with Crippen LogP contribution < -0.4 is 9.47 Å². The Balaban J connectivity index is 1.68. The molecule has 1 saturated heterocycles. The lowest BCUT2D eigenvalue weighted by Crippen LogP contribution is -2.44. The second-order valence-corrected chi connectivity index (χ2v) is 8.20. The summed E-state index contributed by atoms with van der Waals surface area (Å²) in [5, 5.41) is 9.52. The maximum Gasteiger partial charge on any atom is 0.252 e. The molecule has 0 amide bonds. The largest absolute Gasteiger partial charge is 0.480 e. The molecular weight excluding hydrogens is 338 g/mol. The molecule has 3 rings (SSSR count). The van der Waals surface area contributed by atoms with Crippen molar-refractivity contribution in [3.05, 3.63) is 29.6 Å². The molecule has 0 aromatic carbocycles. The summed E-state index contributed by atoms with van der Waals surface area (Å²) in [4.78, 5) is 0. The zero-order valence-corrected chi connectivity index (χ0v) is 14.2. The van der Waals surface area contributed by atoms with Crippen LogP contribution >= 0.6 is 11.3 Å². The van der Waals surface area contributed by atoms with Gasteiger partial charge in [-0.15, -0.1) is 21.5 Å². The van der Waals surface area contributed by atoms with E-state index in [0.29, 0.717) is 29.1 Å². The number of sulfonamides is 1. The molecule has 2 aromatic heterocycles. The Bertz CT molecular complexity index is 732. The van der Waals surface area contributed by atoms with Gasteiger partial charge in [0.25, 0.3) is 10.0 Å². The van der Waals surface area contributed by atoms with Gasteiger partial charge in [0.1, 0.15) is 10.3 Å². The molecule has 1 unspecified atom stereocenters. The fourth-order valence-corrected chi connectivity index (χ4v) is 5.06. The summed E-state index contributed by atoms with van der Waals surface area (Å²) in [5.74, 6) is 0.772. The molecule has 2 aromatic rings. The van der Waals surface area contributed by atoms with Crippen molar-refractivity contribution in [1.82, 2.24) is 14.5 Å². The Morgan fingerprint density at radius 2 is 2.04 bits per heavy atom. The first kappa shape index (κ1) is 16.2. The summed E-state index contributed by atoms with van der Waals surface area (Å²) in [7, 11) is -1.93. The predicted molar refractivity (Wildman–Crippen MR) is 85.3 cm³/mol. The molecule has 0 bridgehead atoms. The fraction of sp³-hybridized carbons (Fsp3) is 0.429. The van der Waals surface area contributed by atoms with Crippen LogP contribution in [0.4, 0.5) is 0 Å². The Morgan fingerprint density at radius 3 is 2.70 bits per heavy atom. The van der Waals surface area contributed by atoms with Gasteiger partial charge in [0.15, 0.2) is 0 Å². The van der Waals surface area contributed by atoms with E-state index in [9.17, 15) is 8.42 Å². The molecule has 0 N–H and O–H groups in total. The van der Waals surface area contributed by atoms with Crippen LogP contribution in [-0.4, -0.2) is 49.2 Å². The predicted octanol–water partition coefficient (Wildman–Crippen LogP) is 1.78. The van der Waals surface area contributed by atoms with Gasteiger partial charge in [0.05, 0.1) is 13.7 Å². The van der Waals surface area contributed by atoms with Crippen molar-refractivity contribution in [2.45, 2.75) is 23.2 Å². The van der Waals surface area contributed by atoms with Crippen LogP contribution in [0.3, 0.4) is 0 Å². The zero-order chi connectivity index (χ0) is 16.3. The van der Waals surface area contributed by atoms with Crippen molar-refractivity contribution in [1.29, 1.82) is 0 Å². The average Bonchev–Trinajstić information content (AvgIpc) is 3.11. The number of piperidine rings is 1. The smallest absolute Gasteiger partial charge is 0.252 e. The fourth-order valence-electron chi connectivity index (χ4n) is 2.41. The summed E-state index contributed by atoms with van der Waals surface area (Å²) in [5.41, 5.74) is 0. The summed E-state index contributed by atoms with van der Waals surface area (Å²) in [6.07, 6.45) is 1.30. The number of hydrogen-bond acceptors (Lipinski definition) is 7. The van der Waals surface area contributed by atoms with E-state index in [1.807, 2.05) is 0 Å². The lowest BCUT2D eigenvalue weighted by atomic mass is 10.1. The Kier molecular flexibility index (Phi) is 4.79. The van der Waals surface area contributed by atoms with Crippen molar-refractivity contribution >= 4 is 21.4 Å². The van der Waals surface area contributed by atoms with Gasteiger partial charge in [-0.25, -0.2) is 8.42 Å². The first-order valence-electron chi connectivity index (χ1n) is 7.17. The second kappa shape index (κ2) is 6.81. The molecule has 1 atom stereocenters. The SMILES string of the molecule is COc1ccc(OC2CCCN(S(=O)(=O)c3cccs3)C2)nn1. The highest BCUT2D eigenvalue weighted by Crippen LogP contribution is 2.25. The maximum absolute atomic E-state index is 12.6. The molecule has 0 radical (unpaired) electrons. The van der Waals surface area contributed by atoms with E-state index in [4.69, 9.17) is 9.47 Å². The van der Waals surface area contributed by atoms with Crippen molar-refractivity contribution in [3.8, 4) is 11.8 Å². The molecule has 1 fully saturated rings. The number of nitrogens with zero attached hydrogens (tertiary/aromatic N) is 3. The molecule has 124 valence electrons. The summed E-state index contributed by atoms with van der Waals surface area (Å²) in [6, 6.07) is 6.69. The van der Waals surface area contributed by atoms with E-state index < -0.39 is 10.0 Å². The molecule has 7 nitrogen and oxygen atoms in total.